The molecular formula is C16H27Br6O5P. The van der Waals surface area contributed by atoms with Crippen molar-refractivity contribution in [3.05, 3.63) is 12.2 Å². The molecule has 1 unspecified atom stereocenters. The van der Waals surface area contributed by atoms with E-state index < -0.39 is 31.8 Å². The van der Waals surface area contributed by atoms with E-state index in [4.69, 9.17) is 18.3 Å². The minimum Gasteiger partial charge on any atom is -0.348 e. The van der Waals surface area contributed by atoms with E-state index in [1.165, 1.54) is 0 Å². The highest BCUT2D eigenvalue weighted by Gasteiger charge is 2.54. The summed E-state index contributed by atoms with van der Waals surface area (Å²) < 4.78 is 34.2. The number of alkyl halides is 6. The lowest BCUT2D eigenvalue weighted by molar-refractivity contribution is -0.0890. The largest absolute Gasteiger partial charge is 0.481 e. The quantitative estimate of drug-likeness (QED) is 0.0807. The monoisotopic (exact) mass is 804 g/mol. The highest BCUT2D eigenvalue weighted by molar-refractivity contribution is 9.25. The minimum absolute atomic E-state index is 0.252. The van der Waals surface area contributed by atoms with Crippen molar-refractivity contribution < 1.29 is 22.9 Å². The maximum absolute atomic E-state index is 13.7. The first-order chi connectivity index (χ1) is 12.3. The molecule has 0 amide bonds. The number of phosphoric ester groups is 1. The van der Waals surface area contributed by atoms with Crippen molar-refractivity contribution >= 4 is 103 Å². The van der Waals surface area contributed by atoms with Gasteiger partial charge in [-0.05, 0) is 77.6 Å². The molecular weight excluding hydrogens is 783 g/mol. The van der Waals surface area contributed by atoms with Crippen LogP contribution in [0.25, 0.3) is 0 Å². The third-order valence-electron chi connectivity index (χ3n) is 3.54. The lowest BCUT2D eigenvalue weighted by atomic mass is 9.98. The standard InChI is InChI=1S/C16H27Br6O5P/c1-11(2)8-24-12(3)25-28(23,26-15(19,20)13(4,5)9-17)27-16(21,22)14(6,7)10-18/h12H,1,8-10H2,2-7H3. The molecule has 0 bridgehead atoms. The molecule has 0 aromatic heterocycles. The van der Waals surface area contributed by atoms with Crippen LogP contribution in [0.2, 0.25) is 0 Å². The predicted molar refractivity (Wildman–Crippen MR) is 137 cm³/mol. The summed E-state index contributed by atoms with van der Waals surface area (Å²) in [6.45, 7) is 15.1. The van der Waals surface area contributed by atoms with Gasteiger partial charge >= 0.3 is 7.82 Å². The molecule has 0 saturated carbocycles. The van der Waals surface area contributed by atoms with E-state index >= 15 is 0 Å². The summed E-state index contributed by atoms with van der Waals surface area (Å²) in [5.41, 5.74) is -0.245. The van der Waals surface area contributed by atoms with Gasteiger partial charge in [0.2, 0.25) is 0 Å². The Morgan fingerprint density at radius 3 is 1.61 bits per heavy atom. The van der Waals surface area contributed by atoms with Crippen LogP contribution in [0.5, 0.6) is 0 Å². The van der Waals surface area contributed by atoms with Crippen LogP contribution in [0.3, 0.4) is 0 Å². The third kappa shape index (κ3) is 9.28. The molecule has 1 atom stereocenters. The normalized spacial score (nSPS) is 15.6. The molecule has 0 aromatic carbocycles. The number of phosphoric acid groups is 1. The summed E-state index contributed by atoms with van der Waals surface area (Å²) in [7, 11) is -4.18. The van der Waals surface area contributed by atoms with Gasteiger partial charge in [0, 0.05) is 21.5 Å². The zero-order valence-electron chi connectivity index (χ0n) is 16.7. The Kier molecular flexibility index (Phi) is 12.8. The Morgan fingerprint density at radius 1 is 0.964 bits per heavy atom. The number of hydrogen-bond acceptors (Lipinski definition) is 5. The molecule has 0 radical (unpaired) electrons. The molecule has 0 aliphatic heterocycles. The van der Waals surface area contributed by atoms with Gasteiger partial charge in [-0.15, -0.1) is 0 Å². The molecule has 0 aromatic rings. The second-order valence-electron chi connectivity index (χ2n) is 7.64. The molecule has 0 spiro atoms. The molecule has 0 heterocycles. The van der Waals surface area contributed by atoms with E-state index in [1.54, 1.807) is 6.92 Å². The molecule has 0 fully saturated rings. The first-order valence-corrected chi connectivity index (χ1v) is 15.1. The lowest BCUT2D eigenvalue weighted by Gasteiger charge is -2.42. The van der Waals surface area contributed by atoms with Crippen LogP contribution in [0.1, 0.15) is 41.5 Å². The maximum Gasteiger partial charge on any atom is 0.481 e. The molecule has 5 nitrogen and oxygen atoms in total. The van der Waals surface area contributed by atoms with Crippen LogP contribution in [0.15, 0.2) is 12.2 Å². The highest BCUT2D eigenvalue weighted by atomic mass is 79.9. The first-order valence-electron chi connectivity index (χ1n) is 8.18. The average Bonchev–Trinajstić information content (AvgIpc) is 2.50. The minimum atomic E-state index is -4.18. The van der Waals surface area contributed by atoms with Gasteiger partial charge in [0.25, 0.3) is 0 Å². The molecule has 0 N–H and O–H groups in total. The summed E-state index contributed by atoms with van der Waals surface area (Å²) in [6, 6.07) is 0. The fourth-order valence-electron chi connectivity index (χ4n) is 1.22. The van der Waals surface area contributed by atoms with E-state index in [0.29, 0.717) is 10.7 Å². The van der Waals surface area contributed by atoms with Crippen molar-refractivity contribution in [3.63, 3.8) is 0 Å². The Hall–Kier alpha value is 2.69. The molecule has 0 aliphatic rings. The molecule has 0 rings (SSSR count). The van der Waals surface area contributed by atoms with E-state index in [9.17, 15) is 4.57 Å². The van der Waals surface area contributed by atoms with Crippen molar-refractivity contribution in [2.75, 3.05) is 17.3 Å². The van der Waals surface area contributed by atoms with Gasteiger partial charge in [0.15, 0.2) is 13.1 Å². The average molecular weight is 810 g/mol. The second-order valence-corrected chi connectivity index (χ2v) is 16.8. The summed E-state index contributed by atoms with van der Waals surface area (Å²) in [5, 5.41) is 1.08. The first kappa shape index (κ1) is 30.7. The van der Waals surface area contributed by atoms with Gasteiger partial charge in [0.05, 0.1) is 6.61 Å². The molecule has 0 aliphatic carbocycles. The SMILES string of the molecule is C=C(C)COC(C)OP(=O)(OC(Br)(Br)C(C)(C)CBr)OC(Br)(Br)C(C)(C)CBr. The van der Waals surface area contributed by atoms with Gasteiger partial charge in [-0.25, -0.2) is 4.57 Å². The van der Waals surface area contributed by atoms with Gasteiger partial charge in [-0.1, -0.05) is 71.7 Å². The molecule has 12 heteroatoms. The second kappa shape index (κ2) is 11.7. The Morgan fingerprint density at radius 2 is 1.32 bits per heavy atom. The van der Waals surface area contributed by atoms with Crippen molar-refractivity contribution in [1.29, 1.82) is 0 Å². The molecule has 168 valence electrons. The number of ether oxygens (including phenoxy) is 1. The van der Waals surface area contributed by atoms with Crippen molar-refractivity contribution in [1.82, 2.24) is 0 Å². The number of hydrogen-bond donors (Lipinski definition) is 0. The topological polar surface area (TPSA) is 54.0 Å². The van der Waals surface area contributed by atoms with Crippen molar-refractivity contribution in [2.24, 2.45) is 10.8 Å². The van der Waals surface area contributed by atoms with Crippen LogP contribution in [0, 0.1) is 10.8 Å². The van der Waals surface area contributed by atoms with E-state index in [0.717, 1.165) is 5.57 Å². The van der Waals surface area contributed by atoms with Gasteiger partial charge < -0.3 is 4.74 Å². The Labute approximate surface area is 219 Å². The van der Waals surface area contributed by atoms with E-state index in [-0.39, 0.29) is 6.61 Å². The van der Waals surface area contributed by atoms with Crippen LogP contribution in [-0.4, -0.2) is 30.4 Å². The lowest BCUT2D eigenvalue weighted by Crippen LogP contribution is -2.40. The zero-order valence-corrected chi connectivity index (χ0v) is 27.1. The van der Waals surface area contributed by atoms with E-state index in [2.05, 4.69) is 102 Å². The molecule has 0 saturated heterocycles. The highest BCUT2D eigenvalue weighted by Crippen LogP contribution is 2.66. The smallest absolute Gasteiger partial charge is 0.348 e. The van der Waals surface area contributed by atoms with Crippen molar-refractivity contribution in [3.8, 4) is 0 Å². The number of halogens is 6. The Bertz CT molecular complexity index is 548. The van der Waals surface area contributed by atoms with Gasteiger partial charge in [0.1, 0.15) is 0 Å². The van der Waals surface area contributed by atoms with Crippen molar-refractivity contribution in [2.45, 2.75) is 54.7 Å². The fourth-order valence-corrected chi connectivity index (χ4v) is 7.80. The summed E-state index contributed by atoms with van der Waals surface area (Å²) in [4.78, 5) is 0. The van der Waals surface area contributed by atoms with E-state index in [1.807, 2.05) is 34.6 Å². The van der Waals surface area contributed by atoms with Crippen LogP contribution in [-0.2, 0) is 22.9 Å². The Balaban J connectivity index is 5.84. The van der Waals surface area contributed by atoms with Crippen LogP contribution < -0.4 is 0 Å². The number of rotatable bonds is 13. The molecule has 28 heavy (non-hydrogen) atoms. The van der Waals surface area contributed by atoms with Gasteiger partial charge in [-0.2, -0.15) is 0 Å². The fraction of sp³-hybridized carbons (Fsp3) is 0.875. The maximum atomic E-state index is 13.7. The summed E-state index contributed by atoms with van der Waals surface area (Å²) >= 11 is 20.7. The zero-order chi connectivity index (χ0) is 22.6. The van der Waals surface area contributed by atoms with Crippen LogP contribution >= 0.6 is 103 Å². The summed E-state index contributed by atoms with van der Waals surface area (Å²) in [6.07, 6.45) is -0.867. The summed E-state index contributed by atoms with van der Waals surface area (Å²) in [5.74, 6) is 0. The van der Waals surface area contributed by atoms with Gasteiger partial charge in [-0.3, -0.25) is 13.6 Å². The third-order valence-corrected chi connectivity index (χ3v) is 13.8. The van der Waals surface area contributed by atoms with Crippen LogP contribution in [0.4, 0.5) is 0 Å². The predicted octanol–water partition coefficient (Wildman–Crippen LogP) is 8.81.